The van der Waals surface area contributed by atoms with Gasteiger partial charge < -0.3 is 10.0 Å². The Kier molecular flexibility index (Phi) is 5.80. The van der Waals surface area contributed by atoms with E-state index in [0.717, 1.165) is 38.5 Å². The van der Waals surface area contributed by atoms with Crippen molar-refractivity contribution in [1.82, 2.24) is 4.90 Å². The second-order valence-electron chi connectivity index (χ2n) is 11.8. The van der Waals surface area contributed by atoms with E-state index in [0.29, 0.717) is 35.2 Å². The van der Waals surface area contributed by atoms with Crippen LogP contribution in [0, 0.1) is 17.3 Å². The summed E-state index contributed by atoms with van der Waals surface area (Å²) in [6.45, 7) is 6.05. The standard InChI is InChI=1S/C31H39NO2/c1-31-20-27(22-8-6-21(7-9-22)5-4-18-32-16-2-3-17-32)30-25-13-11-24(33)19-23(25)10-12-26(30)28(31)14-15-29(31)34/h6-9,11,13,19,26-28,30,33H,2-5,10,12,14-18,20H2,1H3/t26-,27?,28-,30+,31-/m0/s1. The number of carbonyl (C=O) groups excluding carboxylic acids is 1. The Bertz CT molecular complexity index is 1050. The van der Waals surface area contributed by atoms with Gasteiger partial charge in [-0.3, -0.25) is 4.79 Å². The van der Waals surface area contributed by atoms with Crippen molar-refractivity contribution in [3.8, 4) is 5.75 Å². The molecule has 3 nitrogen and oxygen atoms in total. The number of hydrogen-bond acceptors (Lipinski definition) is 3. The van der Waals surface area contributed by atoms with Crippen LogP contribution in [0.5, 0.6) is 5.75 Å². The molecule has 180 valence electrons. The number of nitrogens with zero attached hydrogens (tertiary/aromatic N) is 1. The fourth-order valence-corrected chi connectivity index (χ4v) is 8.24. The molecule has 1 N–H and O–H groups in total. The van der Waals surface area contributed by atoms with Crippen molar-refractivity contribution in [3.05, 3.63) is 64.7 Å². The average molecular weight is 458 g/mol. The Morgan fingerprint density at radius 1 is 1.03 bits per heavy atom. The summed E-state index contributed by atoms with van der Waals surface area (Å²) >= 11 is 0. The van der Waals surface area contributed by atoms with E-state index in [-0.39, 0.29) is 5.41 Å². The fourth-order valence-electron chi connectivity index (χ4n) is 8.24. The van der Waals surface area contributed by atoms with E-state index in [1.807, 2.05) is 12.1 Å². The van der Waals surface area contributed by atoms with Gasteiger partial charge in [-0.05, 0) is 129 Å². The predicted octanol–water partition coefficient (Wildman–Crippen LogP) is 6.24. The van der Waals surface area contributed by atoms with Crippen LogP contribution in [-0.2, 0) is 17.6 Å². The second kappa shape index (κ2) is 8.82. The van der Waals surface area contributed by atoms with Gasteiger partial charge in [0, 0.05) is 11.8 Å². The first-order valence-electron chi connectivity index (χ1n) is 13.7. The van der Waals surface area contributed by atoms with Gasteiger partial charge in [0.05, 0.1) is 0 Å². The number of benzene rings is 2. The summed E-state index contributed by atoms with van der Waals surface area (Å²) in [6, 6.07) is 15.5. The van der Waals surface area contributed by atoms with Crippen LogP contribution in [0.4, 0.5) is 0 Å². The summed E-state index contributed by atoms with van der Waals surface area (Å²) in [5.41, 5.74) is 5.41. The van der Waals surface area contributed by atoms with Gasteiger partial charge in [0.2, 0.25) is 0 Å². The van der Waals surface area contributed by atoms with Gasteiger partial charge >= 0.3 is 0 Å². The molecule has 4 aliphatic rings. The van der Waals surface area contributed by atoms with Gasteiger partial charge in [0.15, 0.2) is 0 Å². The van der Waals surface area contributed by atoms with Gasteiger partial charge in [-0.15, -0.1) is 0 Å². The van der Waals surface area contributed by atoms with E-state index in [1.165, 1.54) is 61.2 Å². The molecule has 1 saturated heterocycles. The maximum atomic E-state index is 13.1. The van der Waals surface area contributed by atoms with E-state index in [4.69, 9.17) is 0 Å². The summed E-state index contributed by atoms with van der Waals surface area (Å²) in [7, 11) is 0. The quantitative estimate of drug-likeness (QED) is 0.578. The number of ketones is 1. The molecule has 0 aromatic heterocycles. The molecule has 1 aliphatic heterocycles. The normalized spacial score (nSPS) is 32.9. The number of hydrogen-bond donors (Lipinski definition) is 1. The monoisotopic (exact) mass is 457 g/mol. The first-order chi connectivity index (χ1) is 16.5. The Hall–Kier alpha value is -2.13. The molecule has 5 atom stereocenters. The summed E-state index contributed by atoms with van der Waals surface area (Å²) in [4.78, 5) is 15.7. The van der Waals surface area contributed by atoms with Crippen molar-refractivity contribution in [2.24, 2.45) is 17.3 Å². The lowest BCUT2D eigenvalue weighted by molar-refractivity contribution is -0.130. The number of rotatable bonds is 5. The SMILES string of the molecule is C[C@]12CC(c3ccc(CCCN4CCCC4)cc3)[C@@H]3c4ccc(O)cc4CC[C@H]3[C@@H]1CCC2=O. The van der Waals surface area contributed by atoms with E-state index < -0.39 is 0 Å². The first-order valence-corrected chi connectivity index (χ1v) is 13.7. The van der Waals surface area contributed by atoms with Gasteiger partial charge in [0.25, 0.3) is 0 Å². The van der Waals surface area contributed by atoms with Crippen LogP contribution in [-0.4, -0.2) is 35.4 Å². The lowest BCUT2D eigenvalue weighted by atomic mass is 9.51. The molecule has 3 aliphatic carbocycles. The molecule has 0 spiro atoms. The van der Waals surface area contributed by atoms with Crippen molar-refractivity contribution in [3.63, 3.8) is 0 Å². The van der Waals surface area contributed by atoms with Crippen LogP contribution in [0.25, 0.3) is 0 Å². The Labute approximate surface area is 204 Å². The van der Waals surface area contributed by atoms with Crippen molar-refractivity contribution in [1.29, 1.82) is 0 Å². The minimum Gasteiger partial charge on any atom is -0.508 e. The molecule has 1 heterocycles. The second-order valence-corrected chi connectivity index (χ2v) is 11.8. The zero-order valence-electron chi connectivity index (χ0n) is 20.6. The third-order valence-corrected chi connectivity index (χ3v) is 9.97. The maximum Gasteiger partial charge on any atom is 0.139 e. The molecule has 6 rings (SSSR count). The van der Waals surface area contributed by atoms with Crippen molar-refractivity contribution in [2.45, 2.75) is 76.5 Å². The largest absolute Gasteiger partial charge is 0.508 e. The Morgan fingerprint density at radius 3 is 2.62 bits per heavy atom. The predicted molar refractivity (Wildman–Crippen MR) is 136 cm³/mol. The minimum atomic E-state index is -0.172. The Balaban J connectivity index is 1.28. The van der Waals surface area contributed by atoms with E-state index in [9.17, 15) is 9.90 Å². The maximum absolute atomic E-state index is 13.1. The van der Waals surface area contributed by atoms with Crippen molar-refractivity contribution in [2.75, 3.05) is 19.6 Å². The number of aryl methyl sites for hydroxylation is 2. The highest BCUT2D eigenvalue weighted by Gasteiger charge is 2.57. The van der Waals surface area contributed by atoms with Crippen molar-refractivity contribution < 1.29 is 9.90 Å². The van der Waals surface area contributed by atoms with Crippen molar-refractivity contribution >= 4 is 5.78 Å². The van der Waals surface area contributed by atoms with Crippen LogP contribution >= 0.6 is 0 Å². The highest BCUT2D eigenvalue weighted by molar-refractivity contribution is 5.87. The van der Waals surface area contributed by atoms with E-state index in [1.54, 1.807) is 0 Å². The molecule has 34 heavy (non-hydrogen) atoms. The first kappa shape index (κ1) is 22.3. The fraction of sp³-hybridized carbons (Fsp3) is 0.581. The lowest BCUT2D eigenvalue weighted by Crippen LogP contribution is -2.46. The summed E-state index contributed by atoms with van der Waals surface area (Å²) in [5, 5.41) is 10.1. The molecular weight excluding hydrogens is 418 g/mol. The molecule has 1 unspecified atom stereocenters. The molecular formula is C31H39NO2. The minimum absolute atomic E-state index is 0.172. The molecule has 3 heteroatoms. The summed E-state index contributed by atoms with van der Waals surface area (Å²) in [6.07, 6.45) is 10.1. The molecule has 0 bridgehead atoms. The third-order valence-electron chi connectivity index (χ3n) is 9.97. The summed E-state index contributed by atoms with van der Waals surface area (Å²) < 4.78 is 0. The van der Waals surface area contributed by atoms with Crippen LogP contribution in [0.1, 0.15) is 86.0 Å². The number of aromatic hydroxyl groups is 1. The number of phenolic OH excluding ortho intramolecular Hbond substituents is 1. The van der Waals surface area contributed by atoms with Gasteiger partial charge in [0.1, 0.15) is 11.5 Å². The number of Topliss-reactive ketones (excluding diaryl/α,β-unsaturated/α-hetero) is 1. The van der Waals surface area contributed by atoms with Crippen LogP contribution in [0.3, 0.4) is 0 Å². The molecule has 2 saturated carbocycles. The molecule has 0 radical (unpaired) electrons. The van der Waals surface area contributed by atoms with E-state index >= 15 is 0 Å². The number of phenols is 1. The van der Waals surface area contributed by atoms with Gasteiger partial charge in [-0.2, -0.15) is 0 Å². The molecule has 2 aromatic rings. The average Bonchev–Trinajstić information content (AvgIpc) is 3.46. The van der Waals surface area contributed by atoms with Crippen LogP contribution in [0.15, 0.2) is 42.5 Å². The summed E-state index contributed by atoms with van der Waals surface area (Å²) in [5.74, 6) is 2.77. The number of likely N-dealkylation sites (tertiary alicyclic amines) is 1. The lowest BCUT2D eigenvalue weighted by Gasteiger charge is -2.52. The molecule has 3 fully saturated rings. The van der Waals surface area contributed by atoms with Gasteiger partial charge in [-0.1, -0.05) is 37.3 Å². The van der Waals surface area contributed by atoms with E-state index in [2.05, 4.69) is 42.2 Å². The zero-order chi connectivity index (χ0) is 23.3. The smallest absolute Gasteiger partial charge is 0.139 e. The highest BCUT2D eigenvalue weighted by Crippen LogP contribution is 2.64. The number of carbonyl (C=O) groups is 1. The third kappa shape index (κ3) is 3.81. The highest BCUT2D eigenvalue weighted by atomic mass is 16.3. The Morgan fingerprint density at radius 2 is 1.82 bits per heavy atom. The van der Waals surface area contributed by atoms with Crippen LogP contribution in [0.2, 0.25) is 0 Å². The number of fused-ring (bicyclic) bond motifs is 5. The van der Waals surface area contributed by atoms with Crippen LogP contribution < -0.4 is 0 Å². The topological polar surface area (TPSA) is 40.5 Å². The molecule has 2 aromatic carbocycles. The van der Waals surface area contributed by atoms with Gasteiger partial charge in [-0.25, -0.2) is 0 Å². The zero-order valence-corrected chi connectivity index (χ0v) is 20.6. The molecule has 0 amide bonds.